The Morgan fingerprint density at radius 2 is 2.10 bits per heavy atom. The van der Waals surface area contributed by atoms with Gasteiger partial charge in [-0.3, -0.25) is 0 Å². The fourth-order valence-electron chi connectivity index (χ4n) is 2.72. The second kappa shape index (κ2) is 6.70. The van der Waals surface area contributed by atoms with Crippen molar-refractivity contribution in [2.45, 2.75) is 44.2 Å². The van der Waals surface area contributed by atoms with Gasteiger partial charge in [-0.2, -0.15) is 0 Å². The minimum Gasteiger partial charge on any atom is -0.394 e. The first-order valence-corrected chi connectivity index (χ1v) is 7.03. The maximum absolute atomic E-state index is 13.0. The number of amides is 2. The lowest BCUT2D eigenvalue weighted by Crippen LogP contribution is -2.47. The average molecular weight is 280 g/mol. The van der Waals surface area contributed by atoms with E-state index in [9.17, 15) is 9.18 Å². The Hall–Kier alpha value is -1.62. The van der Waals surface area contributed by atoms with E-state index in [1.807, 2.05) is 0 Å². The molecule has 0 spiro atoms. The molecule has 0 radical (unpaired) electrons. The van der Waals surface area contributed by atoms with Gasteiger partial charge in [0, 0.05) is 12.0 Å². The van der Waals surface area contributed by atoms with Gasteiger partial charge < -0.3 is 15.7 Å². The zero-order valence-corrected chi connectivity index (χ0v) is 11.6. The van der Waals surface area contributed by atoms with E-state index in [1.54, 1.807) is 19.1 Å². The largest absolute Gasteiger partial charge is 0.394 e. The molecule has 110 valence electrons. The zero-order chi connectivity index (χ0) is 14.5. The quantitative estimate of drug-likeness (QED) is 0.791. The van der Waals surface area contributed by atoms with Gasteiger partial charge in [0.2, 0.25) is 0 Å². The molecule has 1 aliphatic rings. The van der Waals surface area contributed by atoms with E-state index in [0.29, 0.717) is 0 Å². The number of carbonyl (C=O) groups is 1. The zero-order valence-electron chi connectivity index (χ0n) is 11.6. The van der Waals surface area contributed by atoms with Gasteiger partial charge in [0.25, 0.3) is 0 Å². The number of aliphatic hydroxyl groups is 1. The minimum atomic E-state index is -0.263. The van der Waals surface area contributed by atoms with Crippen LogP contribution in [0, 0.1) is 5.82 Å². The third-order valence-corrected chi connectivity index (χ3v) is 3.78. The molecule has 4 nitrogen and oxygen atoms in total. The number of carbonyl (C=O) groups excluding carboxylic acids is 1. The van der Waals surface area contributed by atoms with Crippen LogP contribution >= 0.6 is 0 Å². The van der Waals surface area contributed by atoms with Crippen LogP contribution in [0.5, 0.6) is 0 Å². The van der Waals surface area contributed by atoms with Crippen LogP contribution < -0.4 is 10.6 Å². The molecule has 1 aromatic carbocycles. The fraction of sp³-hybridized carbons (Fsp3) is 0.533. The molecule has 3 unspecified atom stereocenters. The Bertz CT molecular complexity index is 450. The predicted octanol–water partition coefficient (Wildman–Crippen LogP) is 2.14. The molecule has 1 aromatic rings. The maximum Gasteiger partial charge on any atom is 0.315 e. The fourth-order valence-corrected chi connectivity index (χ4v) is 2.72. The lowest BCUT2D eigenvalue weighted by Gasteiger charge is -2.22. The van der Waals surface area contributed by atoms with Crippen molar-refractivity contribution in [3.05, 3.63) is 35.6 Å². The van der Waals surface area contributed by atoms with E-state index in [2.05, 4.69) is 10.6 Å². The molecule has 0 aromatic heterocycles. The summed E-state index contributed by atoms with van der Waals surface area (Å²) >= 11 is 0. The van der Waals surface area contributed by atoms with Crippen molar-refractivity contribution < 1.29 is 14.3 Å². The number of nitrogens with one attached hydrogen (secondary N) is 2. The highest BCUT2D eigenvalue weighted by molar-refractivity contribution is 5.74. The summed E-state index contributed by atoms with van der Waals surface area (Å²) in [5.41, 5.74) is 1.06. The molecule has 3 N–H and O–H groups in total. The first kappa shape index (κ1) is 14.8. The molecular formula is C15H21FN2O2. The summed E-state index contributed by atoms with van der Waals surface area (Å²) in [6, 6.07) is 6.03. The summed E-state index contributed by atoms with van der Waals surface area (Å²) in [7, 11) is 0. The van der Waals surface area contributed by atoms with Crippen LogP contribution in [0.2, 0.25) is 0 Å². The summed E-state index contributed by atoms with van der Waals surface area (Å²) in [5, 5.41) is 14.6. The summed E-state index contributed by atoms with van der Waals surface area (Å²) in [4.78, 5) is 11.8. The molecule has 5 heteroatoms. The van der Waals surface area contributed by atoms with Gasteiger partial charge in [-0.25, -0.2) is 9.18 Å². The van der Waals surface area contributed by atoms with Gasteiger partial charge in [0.05, 0.1) is 12.6 Å². The van der Waals surface area contributed by atoms with Crippen molar-refractivity contribution in [3.8, 4) is 0 Å². The van der Waals surface area contributed by atoms with Gasteiger partial charge in [-0.15, -0.1) is 0 Å². The average Bonchev–Trinajstić information content (AvgIpc) is 2.87. The van der Waals surface area contributed by atoms with E-state index in [4.69, 9.17) is 5.11 Å². The van der Waals surface area contributed by atoms with Gasteiger partial charge in [-0.05, 0) is 37.5 Å². The van der Waals surface area contributed by atoms with Gasteiger partial charge in [0.15, 0.2) is 0 Å². The highest BCUT2D eigenvalue weighted by atomic mass is 19.1. The molecule has 1 fully saturated rings. The van der Waals surface area contributed by atoms with Crippen LogP contribution in [-0.4, -0.2) is 29.8 Å². The highest BCUT2D eigenvalue weighted by Crippen LogP contribution is 2.34. The SMILES string of the molecule is CC(CO)NC(=O)NC1CCCC1c1ccc(F)cc1. The molecule has 2 rings (SSSR count). The molecule has 0 heterocycles. The first-order chi connectivity index (χ1) is 9.60. The van der Waals surface area contributed by atoms with E-state index in [-0.39, 0.29) is 36.5 Å². The minimum absolute atomic E-state index is 0.0614. The molecular weight excluding hydrogens is 259 g/mol. The first-order valence-electron chi connectivity index (χ1n) is 7.03. The lowest BCUT2D eigenvalue weighted by molar-refractivity contribution is 0.217. The normalized spacial score (nSPS) is 23.4. The molecule has 1 saturated carbocycles. The van der Waals surface area contributed by atoms with Gasteiger partial charge in [0.1, 0.15) is 5.82 Å². The topological polar surface area (TPSA) is 61.4 Å². The van der Waals surface area contributed by atoms with Crippen LogP contribution in [0.25, 0.3) is 0 Å². The van der Waals surface area contributed by atoms with Crippen LogP contribution in [0.4, 0.5) is 9.18 Å². The Balaban J connectivity index is 1.97. The van der Waals surface area contributed by atoms with Crippen molar-refractivity contribution in [1.82, 2.24) is 10.6 Å². The lowest BCUT2D eigenvalue weighted by atomic mass is 9.94. The smallest absolute Gasteiger partial charge is 0.315 e. The summed E-state index contributed by atoms with van der Waals surface area (Å²) in [6.45, 7) is 1.66. The maximum atomic E-state index is 13.0. The van der Waals surface area contributed by atoms with E-state index in [0.717, 1.165) is 24.8 Å². The summed E-state index contributed by atoms with van der Waals surface area (Å²) < 4.78 is 13.0. The van der Waals surface area contributed by atoms with Crippen molar-refractivity contribution in [2.75, 3.05) is 6.61 Å². The Labute approximate surface area is 118 Å². The number of hydrogen-bond donors (Lipinski definition) is 3. The Kier molecular flexibility index (Phi) is 4.95. The number of benzene rings is 1. The summed E-state index contributed by atoms with van der Waals surface area (Å²) in [6.07, 6.45) is 2.96. The number of aliphatic hydroxyl groups excluding tert-OH is 1. The molecule has 3 atom stereocenters. The molecule has 0 bridgehead atoms. The number of rotatable bonds is 4. The van der Waals surface area contributed by atoms with Crippen molar-refractivity contribution >= 4 is 6.03 Å². The van der Waals surface area contributed by atoms with Crippen LogP contribution in [-0.2, 0) is 0 Å². The van der Waals surface area contributed by atoms with Gasteiger partial charge in [-0.1, -0.05) is 18.6 Å². The molecule has 0 saturated heterocycles. The summed E-state index contributed by atoms with van der Waals surface area (Å²) in [5.74, 6) is -0.0171. The van der Waals surface area contributed by atoms with Crippen LogP contribution in [0.1, 0.15) is 37.7 Å². The van der Waals surface area contributed by atoms with E-state index in [1.165, 1.54) is 12.1 Å². The Morgan fingerprint density at radius 3 is 2.75 bits per heavy atom. The van der Waals surface area contributed by atoms with E-state index >= 15 is 0 Å². The van der Waals surface area contributed by atoms with Crippen molar-refractivity contribution in [3.63, 3.8) is 0 Å². The standard InChI is InChI=1S/C15H21FN2O2/c1-10(9-19)17-15(20)18-14-4-2-3-13(14)11-5-7-12(16)8-6-11/h5-8,10,13-14,19H,2-4,9H2,1H3,(H2,17,18,20). The molecule has 0 aliphatic heterocycles. The highest BCUT2D eigenvalue weighted by Gasteiger charge is 2.29. The number of halogens is 1. The number of urea groups is 1. The third kappa shape index (κ3) is 3.70. The number of hydrogen-bond acceptors (Lipinski definition) is 2. The van der Waals surface area contributed by atoms with Crippen molar-refractivity contribution in [2.24, 2.45) is 0 Å². The molecule has 20 heavy (non-hydrogen) atoms. The monoisotopic (exact) mass is 280 g/mol. The van der Waals surface area contributed by atoms with Gasteiger partial charge >= 0.3 is 6.03 Å². The van der Waals surface area contributed by atoms with Crippen LogP contribution in [0.15, 0.2) is 24.3 Å². The second-order valence-corrected chi connectivity index (χ2v) is 5.40. The molecule has 2 amide bonds. The second-order valence-electron chi connectivity index (χ2n) is 5.40. The molecule has 1 aliphatic carbocycles. The van der Waals surface area contributed by atoms with E-state index < -0.39 is 0 Å². The Morgan fingerprint density at radius 1 is 1.40 bits per heavy atom. The predicted molar refractivity (Wildman–Crippen MR) is 75.0 cm³/mol. The third-order valence-electron chi connectivity index (χ3n) is 3.78. The van der Waals surface area contributed by atoms with Crippen molar-refractivity contribution in [1.29, 1.82) is 0 Å². The van der Waals surface area contributed by atoms with Crippen LogP contribution in [0.3, 0.4) is 0 Å².